The molecule has 2 heterocycles. The number of benzene rings is 1. The second-order valence-electron chi connectivity index (χ2n) is 7.04. The molecule has 0 bridgehead atoms. The lowest BCUT2D eigenvalue weighted by Gasteiger charge is -2.14. The van der Waals surface area contributed by atoms with Crippen LogP contribution < -0.4 is 10.9 Å². The molecular formula is C21H23NO6S. The Labute approximate surface area is 171 Å². The normalized spacial score (nSPS) is 12.4. The van der Waals surface area contributed by atoms with Crippen molar-refractivity contribution in [2.75, 3.05) is 12.0 Å². The van der Waals surface area contributed by atoms with Gasteiger partial charge in [-0.05, 0) is 56.4 Å². The van der Waals surface area contributed by atoms with Crippen LogP contribution >= 0.6 is 11.8 Å². The van der Waals surface area contributed by atoms with E-state index in [9.17, 15) is 19.5 Å². The van der Waals surface area contributed by atoms with Gasteiger partial charge in [0.15, 0.2) is 0 Å². The Morgan fingerprint density at radius 2 is 1.76 bits per heavy atom. The number of aliphatic carboxylic acids is 1. The van der Waals surface area contributed by atoms with Crippen LogP contribution in [-0.2, 0) is 16.0 Å². The quantitative estimate of drug-likeness (QED) is 0.567. The molecule has 0 unspecified atom stereocenters. The number of hydrogen-bond acceptors (Lipinski definition) is 6. The third kappa shape index (κ3) is 4.17. The van der Waals surface area contributed by atoms with Crippen LogP contribution in [-0.4, -0.2) is 35.0 Å². The molecular weight excluding hydrogens is 394 g/mol. The Kier molecular flexibility index (Phi) is 6.02. The van der Waals surface area contributed by atoms with Crippen molar-refractivity contribution in [3.05, 3.63) is 45.0 Å². The standard InChI is InChI=1S/C21H23NO6S/c1-10-12(3)27-17-9-18-14(7-13(10)17)11(2)15(21(26)28-18)8-19(23)22-16(20(24)25)5-6-29-4/h7,9,16H,5-6,8H2,1-4H3,(H,22,23)(H,24,25)/t16-/m0/s1. The van der Waals surface area contributed by atoms with Gasteiger partial charge < -0.3 is 19.3 Å². The number of carboxylic acids is 1. The zero-order chi connectivity index (χ0) is 21.3. The van der Waals surface area contributed by atoms with E-state index >= 15 is 0 Å². The summed E-state index contributed by atoms with van der Waals surface area (Å²) in [5.74, 6) is -0.221. The molecule has 3 aromatic rings. The minimum atomic E-state index is -1.09. The van der Waals surface area contributed by atoms with Crippen LogP contribution in [0.5, 0.6) is 0 Å². The first kappa shape index (κ1) is 21.0. The average molecular weight is 417 g/mol. The van der Waals surface area contributed by atoms with E-state index in [0.29, 0.717) is 28.9 Å². The van der Waals surface area contributed by atoms with Gasteiger partial charge in [-0.1, -0.05) is 0 Å². The summed E-state index contributed by atoms with van der Waals surface area (Å²) in [6, 6.07) is 2.60. The molecule has 0 spiro atoms. The fourth-order valence-corrected chi connectivity index (χ4v) is 3.80. The van der Waals surface area contributed by atoms with Crippen LogP contribution in [0.25, 0.3) is 21.9 Å². The summed E-state index contributed by atoms with van der Waals surface area (Å²) in [4.78, 5) is 36.3. The molecule has 0 aliphatic rings. The van der Waals surface area contributed by atoms with Crippen molar-refractivity contribution in [1.82, 2.24) is 5.32 Å². The number of amides is 1. The highest BCUT2D eigenvalue weighted by Crippen LogP contribution is 2.30. The second kappa shape index (κ2) is 8.32. The van der Waals surface area contributed by atoms with Crippen LogP contribution in [0.4, 0.5) is 0 Å². The highest BCUT2D eigenvalue weighted by molar-refractivity contribution is 7.98. The average Bonchev–Trinajstić information content (AvgIpc) is 2.94. The van der Waals surface area contributed by atoms with E-state index in [4.69, 9.17) is 8.83 Å². The summed E-state index contributed by atoms with van der Waals surface area (Å²) >= 11 is 1.50. The number of furan rings is 1. The van der Waals surface area contributed by atoms with Crippen LogP contribution in [0.2, 0.25) is 0 Å². The number of thioether (sulfide) groups is 1. The van der Waals surface area contributed by atoms with Crippen molar-refractivity contribution in [1.29, 1.82) is 0 Å². The van der Waals surface area contributed by atoms with Gasteiger partial charge in [-0.25, -0.2) is 9.59 Å². The van der Waals surface area contributed by atoms with Crippen LogP contribution in [0.3, 0.4) is 0 Å². The Morgan fingerprint density at radius 1 is 1.10 bits per heavy atom. The minimum Gasteiger partial charge on any atom is -0.480 e. The Balaban J connectivity index is 1.95. The first-order chi connectivity index (χ1) is 13.7. The zero-order valence-electron chi connectivity index (χ0n) is 16.8. The molecule has 0 fully saturated rings. The molecule has 1 atom stereocenters. The molecule has 0 radical (unpaired) electrons. The topological polar surface area (TPSA) is 110 Å². The maximum atomic E-state index is 12.5. The zero-order valence-corrected chi connectivity index (χ0v) is 17.6. The smallest absolute Gasteiger partial charge is 0.340 e. The second-order valence-corrected chi connectivity index (χ2v) is 8.02. The first-order valence-corrected chi connectivity index (χ1v) is 10.6. The number of fused-ring (bicyclic) bond motifs is 2. The molecule has 0 saturated carbocycles. The summed E-state index contributed by atoms with van der Waals surface area (Å²) in [5.41, 5.74) is 2.29. The summed E-state index contributed by atoms with van der Waals surface area (Å²) in [7, 11) is 0. The summed E-state index contributed by atoms with van der Waals surface area (Å²) < 4.78 is 11.1. The van der Waals surface area contributed by atoms with E-state index in [1.807, 2.05) is 26.2 Å². The molecule has 0 aliphatic heterocycles. The van der Waals surface area contributed by atoms with Gasteiger partial charge >= 0.3 is 11.6 Å². The fourth-order valence-electron chi connectivity index (χ4n) is 3.33. The van der Waals surface area contributed by atoms with Gasteiger partial charge in [-0.15, -0.1) is 0 Å². The van der Waals surface area contributed by atoms with Gasteiger partial charge in [0.05, 0.1) is 12.0 Å². The minimum absolute atomic E-state index is 0.223. The van der Waals surface area contributed by atoms with E-state index in [-0.39, 0.29) is 12.0 Å². The number of carbonyl (C=O) groups excluding carboxylic acids is 1. The molecule has 2 N–H and O–H groups in total. The van der Waals surface area contributed by atoms with Gasteiger partial charge in [-0.2, -0.15) is 11.8 Å². The number of nitrogens with one attached hydrogen (secondary N) is 1. The molecule has 7 nitrogen and oxygen atoms in total. The van der Waals surface area contributed by atoms with Crippen molar-refractivity contribution in [2.45, 2.75) is 39.7 Å². The van der Waals surface area contributed by atoms with Crippen LogP contribution in [0.15, 0.2) is 25.8 Å². The number of hydrogen-bond donors (Lipinski definition) is 2. The highest BCUT2D eigenvalue weighted by Gasteiger charge is 2.22. The Bertz CT molecular complexity index is 1160. The van der Waals surface area contributed by atoms with Crippen molar-refractivity contribution in [3.63, 3.8) is 0 Å². The molecule has 1 aromatic carbocycles. The lowest BCUT2D eigenvalue weighted by atomic mass is 10.0. The predicted molar refractivity (Wildman–Crippen MR) is 113 cm³/mol. The van der Waals surface area contributed by atoms with E-state index in [2.05, 4.69) is 5.32 Å². The third-order valence-electron chi connectivity index (χ3n) is 5.16. The van der Waals surface area contributed by atoms with Gasteiger partial charge in [0.1, 0.15) is 23.0 Å². The maximum absolute atomic E-state index is 12.5. The Hall–Kier alpha value is -2.74. The molecule has 0 aliphatic carbocycles. The Morgan fingerprint density at radius 3 is 2.41 bits per heavy atom. The largest absolute Gasteiger partial charge is 0.480 e. The monoisotopic (exact) mass is 417 g/mol. The molecule has 154 valence electrons. The van der Waals surface area contributed by atoms with E-state index in [1.165, 1.54) is 11.8 Å². The molecule has 29 heavy (non-hydrogen) atoms. The van der Waals surface area contributed by atoms with Gasteiger partial charge in [0, 0.05) is 16.8 Å². The fraction of sp³-hybridized carbons (Fsp3) is 0.381. The van der Waals surface area contributed by atoms with E-state index in [0.717, 1.165) is 22.1 Å². The van der Waals surface area contributed by atoms with Gasteiger partial charge in [0.2, 0.25) is 5.91 Å². The molecule has 1 amide bonds. The summed E-state index contributed by atoms with van der Waals surface area (Å²) in [5, 5.41) is 13.4. The molecule has 0 saturated heterocycles. The van der Waals surface area contributed by atoms with Crippen molar-refractivity contribution < 1.29 is 23.5 Å². The van der Waals surface area contributed by atoms with E-state index < -0.39 is 23.5 Å². The van der Waals surface area contributed by atoms with Crippen molar-refractivity contribution >= 4 is 45.6 Å². The van der Waals surface area contributed by atoms with Crippen LogP contribution in [0, 0.1) is 20.8 Å². The first-order valence-electron chi connectivity index (χ1n) is 9.20. The molecule has 3 rings (SSSR count). The van der Waals surface area contributed by atoms with Crippen molar-refractivity contribution in [2.24, 2.45) is 0 Å². The highest BCUT2D eigenvalue weighted by atomic mass is 32.2. The predicted octanol–water partition coefficient (Wildman–Crippen LogP) is 3.33. The maximum Gasteiger partial charge on any atom is 0.340 e. The molecule has 8 heteroatoms. The van der Waals surface area contributed by atoms with Crippen LogP contribution in [0.1, 0.15) is 28.9 Å². The summed E-state index contributed by atoms with van der Waals surface area (Å²) in [6.07, 6.45) is 1.93. The number of carbonyl (C=O) groups is 2. The number of carboxylic acid groups (broad SMARTS) is 1. The summed E-state index contributed by atoms with van der Waals surface area (Å²) in [6.45, 7) is 5.59. The number of aryl methyl sites for hydroxylation is 3. The molecule has 2 aromatic heterocycles. The SMILES string of the molecule is CSCC[C@H](NC(=O)Cc1c(C)c2cc3c(C)c(C)oc3cc2oc1=O)C(=O)O. The van der Waals surface area contributed by atoms with Gasteiger partial charge in [0.25, 0.3) is 0 Å². The lowest BCUT2D eigenvalue weighted by molar-refractivity contribution is -0.141. The number of rotatable bonds is 7. The van der Waals surface area contributed by atoms with E-state index in [1.54, 1.807) is 13.0 Å². The van der Waals surface area contributed by atoms with Crippen molar-refractivity contribution in [3.8, 4) is 0 Å². The van der Waals surface area contributed by atoms with Gasteiger partial charge in [-0.3, -0.25) is 4.79 Å². The third-order valence-corrected chi connectivity index (χ3v) is 5.81. The lowest BCUT2D eigenvalue weighted by Crippen LogP contribution is -2.42.